The first-order valence-corrected chi connectivity index (χ1v) is 6.29. The van der Waals surface area contributed by atoms with Gasteiger partial charge in [-0.3, -0.25) is 0 Å². The molecule has 70 valence electrons. The molecule has 0 aromatic heterocycles. The molecule has 1 atom stereocenters. The lowest BCUT2D eigenvalue weighted by atomic mass is 10.0. The highest BCUT2D eigenvalue weighted by molar-refractivity contribution is 8.16. The molecule has 1 unspecified atom stereocenters. The lowest BCUT2D eigenvalue weighted by Gasteiger charge is -2.18. The quantitative estimate of drug-likeness (QED) is 0.693. The standard InChI is InChI=1S/C7H12ClNO2S/c8-12(10,11)5-3-7-2-1-4-9-6-7/h3,5,7,9H,1-2,4,6H2/b5-3-. The SMILES string of the molecule is O=S(=O)(Cl)/C=C\C1CCCNC1. The average Bonchev–Trinajstić information content (AvgIpc) is 2.02. The fraction of sp³-hybridized carbons (Fsp3) is 0.714. The van der Waals surface area contributed by atoms with Gasteiger partial charge in [-0.05, 0) is 25.3 Å². The van der Waals surface area contributed by atoms with E-state index in [1.165, 1.54) is 0 Å². The second-order valence-electron chi connectivity index (χ2n) is 2.91. The zero-order valence-corrected chi connectivity index (χ0v) is 8.24. The Morgan fingerprint density at radius 1 is 1.50 bits per heavy atom. The van der Waals surface area contributed by atoms with Gasteiger partial charge in [0.2, 0.25) is 0 Å². The Balaban J connectivity index is 2.44. The van der Waals surface area contributed by atoms with E-state index in [0.717, 1.165) is 31.3 Å². The molecule has 1 rings (SSSR count). The van der Waals surface area contributed by atoms with Gasteiger partial charge < -0.3 is 5.32 Å². The minimum Gasteiger partial charge on any atom is -0.316 e. The van der Waals surface area contributed by atoms with Crippen LogP contribution in [0.5, 0.6) is 0 Å². The van der Waals surface area contributed by atoms with Gasteiger partial charge in [0.25, 0.3) is 9.05 Å². The fourth-order valence-electron chi connectivity index (χ4n) is 1.25. The van der Waals surface area contributed by atoms with E-state index in [4.69, 9.17) is 10.7 Å². The lowest BCUT2D eigenvalue weighted by Crippen LogP contribution is -2.28. The van der Waals surface area contributed by atoms with Crippen LogP contribution in [0.1, 0.15) is 12.8 Å². The normalized spacial score (nSPS) is 26.2. The monoisotopic (exact) mass is 209 g/mol. The predicted octanol–water partition coefficient (Wildman–Crippen LogP) is 1.07. The Morgan fingerprint density at radius 2 is 2.25 bits per heavy atom. The molecule has 3 nitrogen and oxygen atoms in total. The molecule has 0 aromatic rings. The van der Waals surface area contributed by atoms with Crippen molar-refractivity contribution >= 4 is 19.7 Å². The second kappa shape index (κ2) is 4.25. The van der Waals surface area contributed by atoms with E-state index < -0.39 is 9.05 Å². The van der Waals surface area contributed by atoms with Gasteiger partial charge in [-0.2, -0.15) is 0 Å². The first-order chi connectivity index (χ1) is 5.58. The third-order valence-electron chi connectivity index (χ3n) is 1.85. The maximum Gasteiger partial charge on any atom is 0.254 e. The molecular formula is C7H12ClNO2S. The van der Waals surface area contributed by atoms with Crippen molar-refractivity contribution in [2.45, 2.75) is 12.8 Å². The summed E-state index contributed by atoms with van der Waals surface area (Å²) >= 11 is 0. The summed E-state index contributed by atoms with van der Waals surface area (Å²) in [6, 6.07) is 0. The van der Waals surface area contributed by atoms with Gasteiger partial charge >= 0.3 is 0 Å². The van der Waals surface area contributed by atoms with Crippen LogP contribution in [0.3, 0.4) is 0 Å². The van der Waals surface area contributed by atoms with Crippen molar-refractivity contribution in [3.63, 3.8) is 0 Å². The van der Waals surface area contributed by atoms with Crippen LogP contribution < -0.4 is 5.32 Å². The molecule has 0 spiro atoms. The zero-order valence-electron chi connectivity index (χ0n) is 6.66. The van der Waals surface area contributed by atoms with Crippen LogP contribution >= 0.6 is 10.7 Å². The van der Waals surface area contributed by atoms with Crippen molar-refractivity contribution in [3.8, 4) is 0 Å². The summed E-state index contributed by atoms with van der Waals surface area (Å²) in [4.78, 5) is 0. The van der Waals surface area contributed by atoms with Gasteiger partial charge in [0.05, 0.1) is 0 Å². The molecule has 12 heavy (non-hydrogen) atoms. The van der Waals surface area contributed by atoms with Crippen LogP contribution in [0.4, 0.5) is 0 Å². The number of hydrogen-bond donors (Lipinski definition) is 1. The summed E-state index contributed by atoms with van der Waals surface area (Å²) in [5, 5.41) is 4.26. The summed E-state index contributed by atoms with van der Waals surface area (Å²) in [5.41, 5.74) is 0. The third kappa shape index (κ3) is 4.09. The highest BCUT2D eigenvalue weighted by Gasteiger charge is 2.10. The van der Waals surface area contributed by atoms with Gasteiger partial charge in [0.15, 0.2) is 0 Å². The van der Waals surface area contributed by atoms with Crippen LogP contribution in [0.25, 0.3) is 0 Å². The number of piperidine rings is 1. The minimum atomic E-state index is -3.46. The molecule has 0 amide bonds. The molecule has 1 N–H and O–H groups in total. The van der Waals surface area contributed by atoms with Gasteiger partial charge in [0.1, 0.15) is 0 Å². The van der Waals surface area contributed by atoms with Crippen molar-refractivity contribution < 1.29 is 8.42 Å². The predicted molar refractivity (Wildman–Crippen MR) is 49.5 cm³/mol. The maximum absolute atomic E-state index is 10.5. The van der Waals surface area contributed by atoms with E-state index in [2.05, 4.69) is 5.32 Å². The molecule has 1 saturated heterocycles. The van der Waals surface area contributed by atoms with E-state index in [9.17, 15) is 8.42 Å². The Morgan fingerprint density at radius 3 is 2.75 bits per heavy atom. The first kappa shape index (κ1) is 10.0. The van der Waals surface area contributed by atoms with Crippen molar-refractivity contribution in [2.75, 3.05) is 13.1 Å². The van der Waals surface area contributed by atoms with Crippen LogP contribution in [0.15, 0.2) is 11.5 Å². The molecule has 1 heterocycles. The molecule has 1 fully saturated rings. The minimum absolute atomic E-state index is 0.312. The molecule has 0 radical (unpaired) electrons. The van der Waals surface area contributed by atoms with Gasteiger partial charge in [-0.1, -0.05) is 6.08 Å². The summed E-state index contributed by atoms with van der Waals surface area (Å²) < 4.78 is 21.1. The second-order valence-corrected chi connectivity index (χ2v) is 5.42. The van der Waals surface area contributed by atoms with Crippen molar-refractivity contribution in [1.82, 2.24) is 5.32 Å². The Labute approximate surface area is 77.2 Å². The molecule has 5 heteroatoms. The van der Waals surface area contributed by atoms with Crippen molar-refractivity contribution in [2.24, 2.45) is 5.92 Å². The largest absolute Gasteiger partial charge is 0.316 e. The summed E-state index contributed by atoms with van der Waals surface area (Å²) in [6.07, 6.45) is 3.79. The Bertz CT molecular complexity index is 255. The van der Waals surface area contributed by atoms with Crippen molar-refractivity contribution in [1.29, 1.82) is 0 Å². The maximum atomic E-state index is 10.5. The number of hydrogen-bond acceptors (Lipinski definition) is 3. The Kier molecular flexibility index (Phi) is 3.55. The van der Waals surface area contributed by atoms with Gasteiger partial charge in [0, 0.05) is 22.6 Å². The molecule has 0 bridgehead atoms. The van der Waals surface area contributed by atoms with Gasteiger partial charge in [-0.25, -0.2) is 8.42 Å². The van der Waals surface area contributed by atoms with E-state index in [-0.39, 0.29) is 0 Å². The lowest BCUT2D eigenvalue weighted by molar-refractivity contribution is 0.438. The molecule has 1 aliphatic rings. The molecule has 0 saturated carbocycles. The fourth-order valence-corrected chi connectivity index (χ4v) is 1.84. The van der Waals surface area contributed by atoms with Crippen LogP contribution in [0, 0.1) is 5.92 Å². The van der Waals surface area contributed by atoms with Crippen molar-refractivity contribution in [3.05, 3.63) is 11.5 Å². The molecular weight excluding hydrogens is 198 g/mol. The number of halogens is 1. The van der Waals surface area contributed by atoms with Crippen LogP contribution in [0.2, 0.25) is 0 Å². The smallest absolute Gasteiger partial charge is 0.254 e. The highest BCUT2D eigenvalue weighted by atomic mass is 35.7. The van der Waals surface area contributed by atoms with E-state index in [0.29, 0.717) is 5.92 Å². The van der Waals surface area contributed by atoms with E-state index >= 15 is 0 Å². The zero-order chi connectivity index (χ0) is 9.03. The third-order valence-corrected chi connectivity index (χ3v) is 2.64. The topological polar surface area (TPSA) is 46.2 Å². The summed E-state index contributed by atoms with van der Waals surface area (Å²) in [6.45, 7) is 1.88. The van der Waals surface area contributed by atoms with Crippen LogP contribution in [-0.2, 0) is 9.05 Å². The average molecular weight is 210 g/mol. The molecule has 1 aliphatic heterocycles. The summed E-state index contributed by atoms with van der Waals surface area (Å²) in [5.74, 6) is 0.312. The molecule has 0 aromatic carbocycles. The number of rotatable bonds is 2. The van der Waals surface area contributed by atoms with E-state index in [1.807, 2.05) is 0 Å². The first-order valence-electron chi connectivity index (χ1n) is 3.91. The summed E-state index contributed by atoms with van der Waals surface area (Å²) in [7, 11) is 1.56. The van der Waals surface area contributed by atoms with E-state index in [1.54, 1.807) is 6.08 Å². The Hall–Kier alpha value is -0.0600. The van der Waals surface area contributed by atoms with Crippen LogP contribution in [-0.4, -0.2) is 21.5 Å². The van der Waals surface area contributed by atoms with Gasteiger partial charge in [-0.15, -0.1) is 0 Å². The highest BCUT2D eigenvalue weighted by Crippen LogP contribution is 2.12. The molecule has 0 aliphatic carbocycles. The number of nitrogens with one attached hydrogen (secondary N) is 1.